The Bertz CT molecular complexity index is 923. The van der Waals surface area contributed by atoms with Crippen molar-refractivity contribution in [2.75, 3.05) is 21.3 Å². The molecule has 0 aliphatic heterocycles. The lowest BCUT2D eigenvalue weighted by molar-refractivity contribution is 0.0939. The number of rotatable bonds is 7. The molecule has 3 aromatic carbocycles. The van der Waals surface area contributed by atoms with Gasteiger partial charge in [0.15, 0.2) is 0 Å². The summed E-state index contributed by atoms with van der Waals surface area (Å²) in [7, 11) is 4.73. The van der Waals surface area contributed by atoms with E-state index in [4.69, 9.17) is 14.2 Å². The quantitative estimate of drug-likeness (QED) is 0.669. The van der Waals surface area contributed by atoms with E-state index in [9.17, 15) is 4.79 Å². The summed E-state index contributed by atoms with van der Waals surface area (Å²) in [5.74, 6) is 1.59. The molecule has 0 aliphatic rings. The van der Waals surface area contributed by atoms with Crippen molar-refractivity contribution in [3.63, 3.8) is 0 Å². The molecule has 1 amide bonds. The van der Waals surface area contributed by atoms with Crippen LogP contribution in [0.3, 0.4) is 0 Å². The van der Waals surface area contributed by atoms with Gasteiger partial charge in [0.05, 0.1) is 32.9 Å². The maximum absolute atomic E-state index is 13.1. The second-order valence-corrected chi connectivity index (χ2v) is 6.16. The Hall–Kier alpha value is -3.47. The SMILES string of the molecule is COc1ccc([C@@H](NC(=O)c2cc(OC)ccc2OC)c2ccccc2)cc1. The van der Waals surface area contributed by atoms with E-state index in [2.05, 4.69) is 5.32 Å². The van der Waals surface area contributed by atoms with Crippen LogP contribution in [0.2, 0.25) is 0 Å². The van der Waals surface area contributed by atoms with E-state index in [1.54, 1.807) is 32.4 Å². The van der Waals surface area contributed by atoms with Crippen molar-refractivity contribution >= 4 is 5.91 Å². The highest BCUT2D eigenvalue weighted by molar-refractivity contribution is 5.97. The van der Waals surface area contributed by atoms with E-state index in [-0.39, 0.29) is 11.9 Å². The standard InChI is InChI=1S/C23H23NO4/c1-26-18-11-9-17(10-12-18)22(16-7-5-4-6-8-16)24-23(25)20-15-19(27-2)13-14-21(20)28-3/h4-15,22H,1-3H3,(H,24,25)/t22-/m0/s1. The van der Waals surface area contributed by atoms with Gasteiger partial charge in [0.1, 0.15) is 17.2 Å². The van der Waals surface area contributed by atoms with E-state index >= 15 is 0 Å². The van der Waals surface area contributed by atoms with Crippen LogP contribution >= 0.6 is 0 Å². The Labute approximate surface area is 164 Å². The zero-order valence-corrected chi connectivity index (χ0v) is 16.1. The molecule has 0 aliphatic carbocycles. The van der Waals surface area contributed by atoms with E-state index in [0.717, 1.165) is 16.9 Å². The lowest BCUT2D eigenvalue weighted by atomic mass is 9.98. The van der Waals surface area contributed by atoms with Crippen LogP contribution in [0.4, 0.5) is 0 Å². The molecule has 0 saturated heterocycles. The maximum atomic E-state index is 13.1. The number of benzene rings is 3. The number of methoxy groups -OCH3 is 3. The highest BCUT2D eigenvalue weighted by atomic mass is 16.5. The number of nitrogens with one attached hydrogen (secondary N) is 1. The predicted octanol–water partition coefficient (Wildman–Crippen LogP) is 4.23. The molecular weight excluding hydrogens is 354 g/mol. The highest BCUT2D eigenvalue weighted by Gasteiger charge is 2.21. The predicted molar refractivity (Wildman–Crippen MR) is 108 cm³/mol. The number of carbonyl (C=O) groups is 1. The lowest BCUT2D eigenvalue weighted by Crippen LogP contribution is -2.29. The van der Waals surface area contributed by atoms with E-state index in [0.29, 0.717) is 17.1 Å². The first-order valence-electron chi connectivity index (χ1n) is 8.88. The molecule has 0 bridgehead atoms. The van der Waals surface area contributed by atoms with Gasteiger partial charge in [-0.2, -0.15) is 0 Å². The van der Waals surface area contributed by atoms with Gasteiger partial charge < -0.3 is 19.5 Å². The van der Waals surface area contributed by atoms with Crippen molar-refractivity contribution in [2.24, 2.45) is 0 Å². The first kappa shape index (κ1) is 19.3. The van der Waals surface area contributed by atoms with Crippen molar-refractivity contribution in [1.29, 1.82) is 0 Å². The first-order chi connectivity index (χ1) is 13.7. The van der Waals surface area contributed by atoms with Crippen LogP contribution in [0, 0.1) is 0 Å². The summed E-state index contributed by atoms with van der Waals surface area (Å²) in [6, 6.07) is 22.3. The minimum atomic E-state index is -0.324. The van der Waals surface area contributed by atoms with Crippen molar-refractivity contribution in [3.8, 4) is 17.2 Å². The lowest BCUT2D eigenvalue weighted by Gasteiger charge is -2.21. The zero-order chi connectivity index (χ0) is 19.9. The van der Waals surface area contributed by atoms with Crippen molar-refractivity contribution in [2.45, 2.75) is 6.04 Å². The molecule has 28 heavy (non-hydrogen) atoms. The minimum absolute atomic E-state index is 0.250. The summed E-state index contributed by atoms with van der Waals surface area (Å²) in [5.41, 5.74) is 2.33. The van der Waals surface area contributed by atoms with Crippen LogP contribution in [0.1, 0.15) is 27.5 Å². The molecule has 5 heteroatoms. The number of amides is 1. The fourth-order valence-electron chi connectivity index (χ4n) is 3.00. The second kappa shape index (κ2) is 8.95. The summed E-state index contributed by atoms with van der Waals surface area (Å²) in [6.45, 7) is 0. The largest absolute Gasteiger partial charge is 0.497 e. The molecule has 0 saturated carbocycles. The van der Waals surface area contributed by atoms with Crippen LogP contribution in [-0.4, -0.2) is 27.2 Å². The summed E-state index contributed by atoms with van der Waals surface area (Å²) in [5, 5.41) is 3.11. The third-order valence-electron chi connectivity index (χ3n) is 4.51. The summed E-state index contributed by atoms with van der Waals surface area (Å²) in [4.78, 5) is 13.1. The number of ether oxygens (including phenoxy) is 3. The van der Waals surface area contributed by atoms with E-state index in [1.165, 1.54) is 7.11 Å². The van der Waals surface area contributed by atoms with Gasteiger partial charge in [-0.3, -0.25) is 4.79 Å². The van der Waals surface area contributed by atoms with Gasteiger partial charge in [0.2, 0.25) is 0 Å². The van der Waals surface area contributed by atoms with Gasteiger partial charge in [-0.05, 0) is 41.5 Å². The van der Waals surface area contributed by atoms with Crippen molar-refractivity contribution in [3.05, 3.63) is 89.5 Å². The Morgan fingerprint density at radius 2 is 1.36 bits per heavy atom. The zero-order valence-electron chi connectivity index (χ0n) is 16.1. The molecule has 0 fully saturated rings. The Balaban J connectivity index is 1.96. The van der Waals surface area contributed by atoms with Crippen LogP contribution in [0.15, 0.2) is 72.8 Å². The summed E-state index contributed by atoms with van der Waals surface area (Å²) >= 11 is 0. The molecule has 144 valence electrons. The summed E-state index contributed by atoms with van der Waals surface area (Å²) in [6.07, 6.45) is 0. The Kier molecular flexibility index (Phi) is 6.17. The number of carbonyl (C=O) groups excluding carboxylic acids is 1. The topological polar surface area (TPSA) is 56.8 Å². The average molecular weight is 377 g/mol. The molecule has 0 aromatic heterocycles. The van der Waals surface area contributed by atoms with Crippen LogP contribution in [0.25, 0.3) is 0 Å². The third-order valence-corrected chi connectivity index (χ3v) is 4.51. The molecule has 0 radical (unpaired) electrons. The molecular formula is C23H23NO4. The smallest absolute Gasteiger partial charge is 0.255 e. The van der Waals surface area contributed by atoms with E-state index in [1.807, 2.05) is 54.6 Å². The average Bonchev–Trinajstić information content (AvgIpc) is 2.77. The summed E-state index contributed by atoms with van der Waals surface area (Å²) < 4.78 is 15.9. The van der Waals surface area contributed by atoms with Gasteiger partial charge in [0.25, 0.3) is 5.91 Å². The molecule has 3 rings (SSSR count). The van der Waals surface area contributed by atoms with Gasteiger partial charge in [0, 0.05) is 0 Å². The third kappa shape index (κ3) is 4.26. The van der Waals surface area contributed by atoms with Crippen LogP contribution < -0.4 is 19.5 Å². The number of hydrogen-bond acceptors (Lipinski definition) is 4. The van der Waals surface area contributed by atoms with Crippen molar-refractivity contribution in [1.82, 2.24) is 5.32 Å². The number of hydrogen-bond donors (Lipinski definition) is 1. The van der Waals surface area contributed by atoms with Gasteiger partial charge >= 0.3 is 0 Å². The fraction of sp³-hybridized carbons (Fsp3) is 0.174. The molecule has 1 atom stereocenters. The monoisotopic (exact) mass is 377 g/mol. The molecule has 0 spiro atoms. The molecule has 0 unspecified atom stereocenters. The van der Waals surface area contributed by atoms with Crippen LogP contribution in [0.5, 0.6) is 17.2 Å². The minimum Gasteiger partial charge on any atom is -0.497 e. The van der Waals surface area contributed by atoms with Gasteiger partial charge in [-0.15, -0.1) is 0 Å². The molecule has 0 heterocycles. The molecule has 1 N–H and O–H groups in total. The first-order valence-corrected chi connectivity index (χ1v) is 8.88. The molecule has 3 aromatic rings. The Morgan fingerprint density at radius 1 is 0.750 bits per heavy atom. The normalized spacial score (nSPS) is 11.4. The fourth-order valence-corrected chi connectivity index (χ4v) is 3.00. The van der Waals surface area contributed by atoms with Gasteiger partial charge in [-0.25, -0.2) is 0 Å². The van der Waals surface area contributed by atoms with Crippen molar-refractivity contribution < 1.29 is 19.0 Å². The Morgan fingerprint density at radius 3 is 1.96 bits per heavy atom. The van der Waals surface area contributed by atoms with Crippen LogP contribution in [-0.2, 0) is 0 Å². The second-order valence-electron chi connectivity index (χ2n) is 6.16. The van der Waals surface area contributed by atoms with Gasteiger partial charge in [-0.1, -0.05) is 42.5 Å². The molecule has 5 nitrogen and oxygen atoms in total. The maximum Gasteiger partial charge on any atom is 0.255 e. The van der Waals surface area contributed by atoms with E-state index < -0.39 is 0 Å². The highest BCUT2D eigenvalue weighted by Crippen LogP contribution is 2.28.